The van der Waals surface area contributed by atoms with Crippen LogP contribution >= 0.6 is 0 Å². The molecule has 3 aromatic carbocycles. The van der Waals surface area contributed by atoms with Gasteiger partial charge in [-0.1, -0.05) is 42.5 Å². The average Bonchev–Trinajstić information content (AvgIpc) is 3.21. The third-order valence-electron chi connectivity index (χ3n) is 4.13. The van der Waals surface area contributed by atoms with Crippen LogP contribution in [0.4, 0.5) is 0 Å². The van der Waals surface area contributed by atoms with Crippen LogP contribution in [-0.2, 0) is 4.79 Å². The van der Waals surface area contributed by atoms with Crippen LogP contribution in [0.15, 0.2) is 77.9 Å². The van der Waals surface area contributed by atoms with E-state index in [1.54, 1.807) is 12.1 Å². The summed E-state index contributed by atoms with van der Waals surface area (Å²) in [5, 5.41) is 3.93. The molecule has 28 heavy (non-hydrogen) atoms. The summed E-state index contributed by atoms with van der Waals surface area (Å²) in [4.78, 5) is 11.9. The van der Waals surface area contributed by atoms with Crippen molar-refractivity contribution in [2.24, 2.45) is 5.10 Å². The molecule has 0 radical (unpaired) electrons. The molecule has 0 fully saturated rings. The molecule has 6 heteroatoms. The Labute approximate surface area is 162 Å². The third kappa shape index (κ3) is 4.29. The Hall–Kier alpha value is -3.80. The van der Waals surface area contributed by atoms with Crippen molar-refractivity contribution < 1.29 is 19.0 Å². The molecule has 6 nitrogen and oxygen atoms in total. The Morgan fingerprint density at radius 1 is 0.964 bits per heavy atom. The van der Waals surface area contributed by atoms with E-state index in [0.717, 1.165) is 16.7 Å². The van der Waals surface area contributed by atoms with E-state index in [1.807, 2.05) is 60.7 Å². The molecule has 0 atom stereocenters. The number of nitrogens with zero attached hydrogens (tertiary/aromatic N) is 1. The van der Waals surface area contributed by atoms with Gasteiger partial charge in [-0.25, -0.2) is 5.43 Å². The summed E-state index contributed by atoms with van der Waals surface area (Å²) in [5.74, 6) is 1.64. The fourth-order valence-corrected chi connectivity index (χ4v) is 2.73. The van der Waals surface area contributed by atoms with Crippen LogP contribution in [0, 0.1) is 0 Å². The highest BCUT2D eigenvalue weighted by molar-refractivity contribution is 5.83. The number of carbonyl (C=O) groups excluding carboxylic acids is 1. The minimum atomic E-state index is -0.343. The molecule has 0 aliphatic carbocycles. The number of amides is 1. The molecule has 0 unspecified atom stereocenters. The van der Waals surface area contributed by atoms with Crippen molar-refractivity contribution in [1.29, 1.82) is 0 Å². The number of carbonyl (C=O) groups is 1. The zero-order chi connectivity index (χ0) is 19.2. The second-order valence-corrected chi connectivity index (χ2v) is 6.08. The molecule has 1 aliphatic heterocycles. The summed E-state index contributed by atoms with van der Waals surface area (Å²) in [5.41, 5.74) is 5.45. The van der Waals surface area contributed by atoms with Crippen LogP contribution in [-0.4, -0.2) is 25.5 Å². The highest BCUT2D eigenvalue weighted by atomic mass is 16.7. The molecule has 4 rings (SSSR count). The van der Waals surface area contributed by atoms with Gasteiger partial charge < -0.3 is 14.2 Å². The normalized spacial score (nSPS) is 12.1. The van der Waals surface area contributed by atoms with E-state index in [4.69, 9.17) is 14.2 Å². The van der Waals surface area contributed by atoms with Gasteiger partial charge >= 0.3 is 0 Å². The van der Waals surface area contributed by atoms with Crippen LogP contribution in [0.3, 0.4) is 0 Å². The van der Waals surface area contributed by atoms with Crippen LogP contribution in [0.5, 0.6) is 17.2 Å². The first-order valence-electron chi connectivity index (χ1n) is 8.78. The van der Waals surface area contributed by atoms with E-state index in [-0.39, 0.29) is 19.3 Å². The van der Waals surface area contributed by atoms with Gasteiger partial charge in [0.1, 0.15) is 5.75 Å². The maximum atomic E-state index is 11.9. The molecule has 3 aromatic rings. The fourth-order valence-electron chi connectivity index (χ4n) is 2.73. The van der Waals surface area contributed by atoms with Crippen molar-refractivity contribution in [2.75, 3.05) is 13.4 Å². The average molecular weight is 374 g/mol. The first-order chi connectivity index (χ1) is 13.8. The summed E-state index contributed by atoms with van der Waals surface area (Å²) < 4.78 is 16.0. The lowest BCUT2D eigenvalue weighted by molar-refractivity contribution is -0.123. The third-order valence-corrected chi connectivity index (χ3v) is 4.13. The molecule has 0 spiro atoms. The lowest BCUT2D eigenvalue weighted by atomic mass is 10.1. The number of benzene rings is 3. The first-order valence-corrected chi connectivity index (χ1v) is 8.78. The highest BCUT2D eigenvalue weighted by Crippen LogP contribution is 2.31. The molecule has 0 saturated carbocycles. The molecule has 0 aromatic heterocycles. The van der Waals surface area contributed by atoms with Gasteiger partial charge in [0.2, 0.25) is 6.79 Å². The molecule has 1 N–H and O–H groups in total. The number of nitrogens with one attached hydrogen (secondary N) is 1. The van der Waals surface area contributed by atoms with E-state index in [1.165, 1.54) is 6.21 Å². The van der Waals surface area contributed by atoms with Crippen molar-refractivity contribution in [3.63, 3.8) is 0 Å². The minimum Gasteiger partial charge on any atom is -0.484 e. The lowest BCUT2D eigenvalue weighted by Gasteiger charge is -2.06. The predicted octanol–water partition coefficient (Wildman–Crippen LogP) is 3.61. The number of hydrogen-bond donors (Lipinski definition) is 1. The standard InChI is InChI=1S/C22H18N2O4/c25-22(24-23-13-16-6-11-20-21(12-16)28-15-27-20)14-26-19-9-7-18(8-10-19)17-4-2-1-3-5-17/h1-13H,14-15H2,(H,24,25). The largest absolute Gasteiger partial charge is 0.484 e. The molecular weight excluding hydrogens is 356 g/mol. The molecule has 1 amide bonds. The van der Waals surface area contributed by atoms with Gasteiger partial charge in [-0.15, -0.1) is 0 Å². The summed E-state index contributed by atoms with van der Waals surface area (Å²) >= 11 is 0. The van der Waals surface area contributed by atoms with Crippen molar-refractivity contribution in [1.82, 2.24) is 5.43 Å². The monoisotopic (exact) mass is 374 g/mol. The van der Waals surface area contributed by atoms with Gasteiger partial charge in [-0.2, -0.15) is 5.10 Å². The van der Waals surface area contributed by atoms with E-state index in [9.17, 15) is 4.79 Å². The van der Waals surface area contributed by atoms with Crippen molar-refractivity contribution >= 4 is 12.1 Å². The summed E-state index contributed by atoms with van der Waals surface area (Å²) in [6, 6.07) is 23.1. The molecule has 1 heterocycles. The number of hydrazone groups is 1. The smallest absolute Gasteiger partial charge is 0.277 e. The van der Waals surface area contributed by atoms with Gasteiger partial charge in [-0.05, 0) is 47.0 Å². The van der Waals surface area contributed by atoms with Gasteiger partial charge in [0, 0.05) is 0 Å². The maximum Gasteiger partial charge on any atom is 0.277 e. The van der Waals surface area contributed by atoms with Gasteiger partial charge in [-0.3, -0.25) is 4.79 Å². The Kier molecular flexibility index (Phi) is 5.20. The SMILES string of the molecule is O=C(COc1ccc(-c2ccccc2)cc1)NN=Cc1ccc2c(c1)OCO2. The maximum absolute atomic E-state index is 11.9. The summed E-state index contributed by atoms with van der Waals surface area (Å²) in [6.07, 6.45) is 1.54. The van der Waals surface area contributed by atoms with E-state index < -0.39 is 0 Å². The number of hydrogen-bond acceptors (Lipinski definition) is 5. The molecule has 140 valence electrons. The van der Waals surface area contributed by atoms with E-state index in [2.05, 4.69) is 10.5 Å². The second-order valence-electron chi connectivity index (χ2n) is 6.08. The van der Waals surface area contributed by atoms with Crippen molar-refractivity contribution in [3.8, 4) is 28.4 Å². The zero-order valence-electron chi connectivity index (χ0n) is 15.0. The topological polar surface area (TPSA) is 69.2 Å². The highest BCUT2D eigenvalue weighted by Gasteiger charge is 2.12. The molecular formula is C22H18N2O4. The summed E-state index contributed by atoms with van der Waals surface area (Å²) in [7, 11) is 0. The Balaban J connectivity index is 1.26. The number of fused-ring (bicyclic) bond motifs is 1. The lowest BCUT2D eigenvalue weighted by Crippen LogP contribution is -2.24. The van der Waals surface area contributed by atoms with Crippen molar-refractivity contribution in [3.05, 3.63) is 78.4 Å². The molecule has 0 saturated heterocycles. The van der Waals surface area contributed by atoms with Crippen LogP contribution in [0.1, 0.15) is 5.56 Å². The van der Waals surface area contributed by atoms with Gasteiger partial charge in [0.05, 0.1) is 6.21 Å². The molecule has 0 bridgehead atoms. The zero-order valence-corrected chi connectivity index (χ0v) is 15.0. The van der Waals surface area contributed by atoms with Crippen LogP contribution in [0.25, 0.3) is 11.1 Å². The van der Waals surface area contributed by atoms with Crippen LogP contribution in [0.2, 0.25) is 0 Å². The van der Waals surface area contributed by atoms with Gasteiger partial charge in [0.15, 0.2) is 18.1 Å². The van der Waals surface area contributed by atoms with Crippen LogP contribution < -0.4 is 19.6 Å². The second kappa shape index (κ2) is 8.26. The Morgan fingerprint density at radius 3 is 2.54 bits per heavy atom. The Morgan fingerprint density at radius 2 is 1.71 bits per heavy atom. The van der Waals surface area contributed by atoms with Crippen molar-refractivity contribution in [2.45, 2.75) is 0 Å². The first kappa shape index (κ1) is 17.6. The molecule has 1 aliphatic rings. The van der Waals surface area contributed by atoms with Gasteiger partial charge in [0.25, 0.3) is 5.91 Å². The van der Waals surface area contributed by atoms with E-state index in [0.29, 0.717) is 17.2 Å². The fraction of sp³-hybridized carbons (Fsp3) is 0.0909. The quantitative estimate of drug-likeness (QED) is 0.529. The number of ether oxygens (including phenoxy) is 3. The summed E-state index contributed by atoms with van der Waals surface area (Å²) in [6.45, 7) is 0.0967. The minimum absolute atomic E-state index is 0.122. The Bertz CT molecular complexity index is 985. The van der Waals surface area contributed by atoms with E-state index >= 15 is 0 Å². The predicted molar refractivity (Wildman–Crippen MR) is 106 cm³/mol. The number of rotatable bonds is 6.